The van der Waals surface area contributed by atoms with Gasteiger partial charge < -0.3 is 19.4 Å². The van der Waals surface area contributed by atoms with Gasteiger partial charge in [-0.2, -0.15) is 0 Å². The van der Waals surface area contributed by atoms with Gasteiger partial charge in [-0.1, -0.05) is 52.0 Å². The average molecular weight is 435 g/mol. The number of aliphatic hydroxyl groups excluding tert-OH is 2. The van der Waals surface area contributed by atoms with Crippen molar-refractivity contribution >= 4 is 8.32 Å². The number of ether oxygens (including phenoxy) is 1. The van der Waals surface area contributed by atoms with E-state index in [1.807, 2.05) is 0 Å². The van der Waals surface area contributed by atoms with Crippen LogP contribution in [-0.2, 0) is 21.2 Å². The number of hydrogen-bond acceptors (Lipinski definition) is 4. The van der Waals surface area contributed by atoms with E-state index in [4.69, 9.17) is 9.16 Å². The van der Waals surface area contributed by atoms with E-state index < -0.39 is 13.9 Å². The van der Waals surface area contributed by atoms with Gasteiger partial charge in [0.1, 0.15) is 0 Å². The van der Waals surface area contributed by atoms with Gasteiger partial charge in [-0.05, 0) is 60.9 Å². The molecule has 2 aliphatic heterocycles. The van der Waals surface area contributed by atoms with Crippen LogP contribution in [0.2, 0.25) is 18.1 Å². The van der Waals surface area contributed by atoms with E-state index in [0.29, 0.717) is 5.92 Å². The largest absolute Gasteiger partial charge is 0.417 e. The van der Waals surface area contributed by atoms with Crippen molar-refractivity contribution in [3.05, 3.63) is 35.4 Å². The molecule has 0 saturated carbocycles. The summed E-state index contributed by atoms with van der Waals surface area (Å²) in [5.41, 5.74) is 2.06. The van der Waals surface area contributed by atoms with E-state index in [2.05, 4.69) is 65.1 Å². The molecule has 2 fully saturated rings. The van der Waals surface area contributed by atoms with Gasteiger partial charge in [-0.25, -0.2) is 0 Å². The molecule has 1 aromatic rings. The van der Waals surface area contributed by atoms with Crippen molar-refractivity contribution < 1.29 is 19.4 Å². The standard InChI is InChI=1S/C25H42O4Si/c1-18(2)24(3,4)30(5,6)28-15-9-11-19-10-7-8-12-21(19)25-14-13-23(29-25)20(16-26)22(25)17-27/h7-8,10,12,18,20,22-23,26-27H,9,11,13-17H2,1-6H3/t20-,22+,23+,25+/m0/s1. The second-order valence-electron chi connectivity index (χ2n) is 10.7. The molecule has 1 aromatic carbocycles. The van der Waals surface area contributed by atoms with Crippen LogP contribution in [0.5, 0.6) is 0 Å². The highest BCUT2D eigenvalue weighted by atomic mass is 28.4. The molecule has 0 spiro atoms. The Labute approximate surface area is 184 Å². The van der Waals surface area contributed by atoms with Crippen molar-refractivity contribution in [3.63, 3.8) is 0 Å². The summed E-state index contributed by atoms with van der Waals surface area (Å²) in [5.74, 6) is 0.603. The minimum absolute atomic E-state index is 0.0307. The van der Waals surface area contributed by atoms with E-state index >= 15 is 0 Å². The molecule has 3 rings (SSSR count). The number of aryl methyl sites for hydroxylation is 1. The summed E-state index contributed by atoms with van der Waals surface area (Å²) in [6.45, 7) is 14.9. The van der Waals surface area contributed by atoms with Gasteiger partial charge in [-0.3, -0.25) is 0 Å². The molecule has 170 valence electrons. The zero-order chi connectivity index (χ0) is 22.2. The Morgan fingerprint density at radius 3 is 2.53 bits per heavy atom. The molecule has 30 heavy (non-hydrogen) atoms. The van der Waals surface area contributed by atoms with Gasteiger partial charge in [0.25, 0.3) is 0 Å². The van der Waals surface area contributed by atoms with Crippen LogP contribution in [0, 0.1) is 17.8 Å². The fourth-order valence-electron chi connectivity index (χ4n) is 5.47. The normalized spacial score (nSPS) is 29.2. The van der Waals surface area contributed by atoms with Gasteiger partial charge in [0.2, 0.25) is 0 Å². The van der Waals surface area contributed by atoms with Crippen LogP contribution in [-0.4, -0.2) is 44.5 Å². The zero-order valence-electron chi connectivity index (χ0n) is 19.8. The zero-order valence-corrected chi connectivity index (χ0v) is 20.8. The van der Waals surface area contributed by atoms with Crippen LogP contribution < -0.4 is 0 Å². The van der Waals surface area contributed by atoms with Gasteiger partial charge in [0.15, 0.2) is 8.32 Å². The first-order chi connectivity index (χ1) is 14.1. The van der Waals surface area contributed by atoms with Crippen LogP contribution in [0.3, 0.4) is 0 Å². The number of hydrogen-bond donors (Lipinski definition) is 2. The highest BCUT2D eigenvalue weighted by Crippen LogP contribution is 2.57. The summed E-state index contributed by atoms with van der Waals surface area (Å²) < 4.78 is 13.0. The van der Waals surface area contributed by atoms with Gasteiger partial charge in [-0.15, -0.1) is 0 Å². The molecule has 2 bridgehead atoms. The maximum Gasteiger partial charge on any atom is 0.192 e. The Hall–Kier alpha value is -0.723. The highest BCUT2D eigenvalue weighted by Gasteiger charge is 2.59. The van der Waals surface area contributed by atoms with E-state index in [0.717, 1.165) is 32.3 Å². The molecule has 2 aliphatic rings. The molecule has 0 unspecified atom stereocenters. The Morgan fingerprint density at radius 2 is 1.90 bits per heavy atom. The predicted octanol–water partition coefficient (Wildman–Crippen LogP) is 4.88. The maximum atomic E-state index is 10.1. The fraction of sp³-hybridized carbons (Fsp3) is 0.760. The van der Waals surface area contributed by atoms with Crippen LogP contribution in [0.4, 0.5) is 0 Å². The second kappa shape index (κ2) is 9.03. The molecule has 0 amide bonds. The quantitative estimate of drug-likeness (QED) is 0.407. The molecule has 5 heteroatoms. The number of rotatable bonds is 10. The number of benzene rings is 1. The molecule has 4 nitrogen and oxygen atoms in total. The first-order valence-electron chi connectivity index (χ1n) is 11.7. The topological polar surface area (TPSA) is 58.9 Å². The van der Waals surface area contributed by atoms with Crippen LogP contribution in [0.15, 0.2) is 24.3 Å². The first-order valence-corrected chi connectivity index (χ1v) is 14.6. The predicted molar refractivity (Wildman–Crippen MR) is 124 cm³/mol. The first kappa shape index (κ1) is 23.9. The van der Waals surface area contributed by atoms with Crippen molar-refractivity contribution in [2.75, 3.05) is 19.8 Å². The van der Waals surface area contributed by atoms with Gasteiger partial charge in [0.05, 0.1) is 11.7 Å². The minimum atomic E-state index is -1.80. The number of fused-ring (bicyclic) bond motifs is 2. The Balaban J connectivity index is 1.70. The maximum absolute atomic E-state index is 10.1. The van der Waals surface area contributed by atoms with E-state index in [1.54, 1.807) is 0 Å². The molecule has 0 aromatic heterocycles. The molecular formula is C25H42O4Si. The highest BCUT2D eigenvalue weighted by molar-refractivity contribution is 6.74. The van der Waals surface area contributed by atoms with E-state index in [-0.39, 0.29) is 36.2 Å². The summed E-state index contributed by atoms with van der Waals surface area (Å²) in [6.07, 6.45) is 3.88. The Bertz CT molecular complexity index is 717. The summed E-state index contributed by atoms with van der Waals surface area (Å²) in [6, 6.07) is 8.53. The fourth-order valence-corrected chi connectivity index (χ4v) is 7.89. The molecule has 2 saturated heterocycles. The molecule has 0 aliphatic carbocycles. The molecule has 2 heterocycles. The molecule has 4 atom stereocenters. The lowest BCUT2D eigenvalue weighted by Gasteiger charge is -2.42. The Morgan fingerprint density at radius 1 is 1.20 bits per heavy atom. The van der Waals surface area contributed by atoms with Crippen LogP contribution in [0.25, 0.3) is 0 Å². The van der Waals surface area contributed by atoms with E-state index in [9.17, 15) is 10.2 Å². The lowest BCUT2D eigenvalue weighted by atomic mass is 9.68. The monoisotopic (exact) mass is 434 g/mol. The summed E-state index contributed by atoms with van der Waals surface area (Å²) in [5, 5.41) is 20.2. The van der Waals surface area contributed by atoms with Crippen LogP contribution in [0.1, 0.15) is 58.1 Å². The molecule has 0 radical (unpaired) electrons. The van der Waals surface area contributed by atoms with Crippen molar-refractivity contribution in [3.8, 4) is 0 Å². The minimum Gasteiger partial charge on any atom is -0.417 e. The molecule has 2 N–H and O–H groups in total. The summed E-state index contributed by atoms with van der Waals surface area (Å²) >= 11 is 0. The third-order valence-electron chi connectivity index (χ3n) is 8.68. The third kappa shape index (κ3) is 4.04. The molecular weight excluding hydrogens is 392 g/mol. The SMILES string of the molecule is CC(C)C(C)(C)[Si](C)(C)OCCCc1ccccc1[C@@]12CC[C@@H](O1)[C@@H](CO)[C@H]2CO. The second-order valence-corrected chi connectivity index (χ2v) is 15.3. The van der Waals surface area contributed by atoms with Crippen molar-refractivity contribution in [2.24, 2.45) is 17.8 Å². The van der Waals surface area contributed by atoms with Gasteiger partial charge in [0, 0.05) is 31.7 Å². The van der Waals surface area contributed by atoms with E-state index in [1.165, 1.54) is 11.1 Å². The van der Waals surface area contributed by atoms with Crippen LogP contribution >= 0.6 is 0 Å². The Kier molecular flexibility index (Phi) is 7.20. The lowest BCUT2D eigenvalue weighted by Crippen LogP contribution is -2.45. The number of aliphatic hydroxyl groups is 2. The average Bonchev–Trinajstić information content (AvgIpc) is 3.28. The van der Waals surface area contributed by atoms with Crippen molar-refractivity contribution in [1.29, 1.82) is 0 Å². The smallest absolute Gasteiger partial charge is 0.192 e. The van der Waals surface area contributed by atoms with Gasteiger partial charge >= 0.3 is 0 Å². The third-order valence-corrected chi connectivity index (χ3v) is 13.3. The van der Waals surface area contributed by atoms with Crippen molar-refractivity contribution in [1.82, 2.24) is 0 Å². The van der Waals surface area contributed by atoms with Crippen molar-refractivity contribution in [2.45, 2.75) is 83.2 Å². The summed E-state index contributed by atoms with van der Waals surface area (Å²) in [7, 11) is -1.80. The summed E-state index contributed by atoms with van der Waals surface area (Å²) in [4.78, 5) is 0. The lowest BCUT2D eigenvalue weighted by molar-refractivity contribution is -0.0262.